The molecule has 2 nitrogen and oxygen atoms in total. The van der Waals surface area contributed by atoms with Gasteiger partial charge in [0.2, 0.25) is 0 Å². The summed E-state index contributed by atoms with van der Waals surface area (Å²) in [6.07, 6.45) is 4.82. The van der Waals surface area contributed by atoms with E-state index in [0.717, 1.165) is 13.0 Å². The Hall–Kier alpha value is -2.16. The van der Waals surface area contributed by atoms with E-state index in [9.17, 15) is 0 Å². The summed E-state index contributed by atoms with van der Waals surface area (Å²) >= 11 is 0. The minimum absolute atomic E-state index is 1.09. The van der Waals surface area contributed by atoms with E-state index in [1.807, 2.05) is 48.6 Å². The summed E-state index contributed by atoms with van der Waals surface area (Å²) in [5, 5.41) is 0. The van der Waals surface area contributed by atoms with Crippen LogP contribution in [0.1, 0.15) is 30.5 Å². The van der Waals surface area contributed by atoms with Gasteiger partial charge in [-0.2, -0.15) is 0 Å². The third-order valence-corrected chi connectivity index (χ3v) is 3.32. The van der Waals surface area contributed by atoms with Crippen molar-refractivity contribution in [3.63, 3.8) is 0 Å². The van der Waals surface area contributed by atoms with Crippen LogP contribution in [-0.4, -0.2) is 32.6 Å². The fourth-order valence-electron chi connectivity index (χ4n) is 1.64. The molecule has 2 N–H and O–H groups in total. The maximum absolute atomic E-state index is 4.50. The monoisotopic (exact) mass is 340 g/mol. The third-order valence-electron chi connectivity index (χ3n) is 3.32. The van der Waals surface area contributed by atoms with Crippen molar-refractivity contribution in [3.05, 3.63) is 84.4 Å². The summed E-state index contributed by atoms with van der Waals surface area (Å²) in [6.45, 7) is 12.8. The molecule has 0 aliphatic heterocycles. The lowest BCUT2D eigenvalue weighted by atomic mass is 10.1. The van der Waals surface area contributed by atoms with E-state index in [2.05, 4.69) is 69.9 Å². The van der Waals surface area contributed by atoms with Crippen LogP contribution in [-0.2, 0) is 6.42 Å². The van der Waals surface area contributed by atoms with Gasteiger partial charge in [0.15, 0.2) is 0 Å². The molecule has 0 aliphatic rings. The van der Waals surface area contributed by atoms with Crippen LogP contribution in [0.15, 0.2) is 67.8 Å². The van der Waals surface area contributed by atoms with Gasteiger partial charge in [-0.3, -0.25) is 0 Å². The number of hydrogen-bond acceptors (Lipinski definition) is 2. The van der Waals surface area contributed by atoms with Gasteiger partial charge >= 0.3 is 0 Å². The molecule has 0 aliphatic carbocycles. The summed E-state index contributed by atoms with van der Waals surface area (Å²) in [7, 11) is 5.61. The van der Waals surface area contributed by atoms with Crippen LogP contribution in [0.4, 0.5) is 0 Å². The zero-order valence-electron chi connectivity index (χ0n) is 16.7. The maximum Gasteiger partial charge on any atom is -0.00533 e. The van der Waals surface area contributed by atoms with Crippen molar-refractivity contribution in [2.24, 2.45) is 5.73 Å². The van der Waals surface area contributed by atoms with Gasteiger partial charge in [0.1, 0.15) is 0 Å². The Balaban J connectivity index is 0. The maximum atomic E-state index is 4.50. The molecule has 0 fully saturated rings. The zero-order valence-corrected chi connectivity index (χ0v) is 16.7. The predicted molar refractivity (Wildman–Crippen MR) is 117 cm³/mol. The van der Waals surface area contributed by atoms with E-state index < -0.39 is 0 Å². The molecule has 0 radical (unpaired) electrons. The number of benzene rings is 2. The first-order chi connectivity index (χ1) is 12.1. The van der Waals surface area contributed by atoms with E-state index in [1.165, 1.54) is 23.7 Å². The van der Waals surface area contributed by atoms with Gasteiger partial charge in [-0.25, -0.2) is 0 Å². The third kappa shape index (κ3) is 13.9. The molecule has 0 unspecified atom stereocenters. The van der Waals surface area contributed by atoms with Crippen LogP contribution in [0.5, 0.6) is 0 Å². The Kier molecular flexibility index (Phi) is 18.2. The highest BCUT2D eigenvalue weighted by atomic mass is 15.0. The molecule has 0 bridgehead atoms. The molecule has 0 amide bonds. The number of nitrogens with zero attached hydrogens (tertiary/aromatic N) is 1. The number of aryl methyl sites for hydroxylation is 1. The van der Waals surface area contributed by atoms with E-state index in [-0.39, 0.29) is 0 Å². The number of hydrogen-bond donors (Lipinski definition) is 1. The first-order valence-corrected chi connectivity index (χ1v) is 8.69. The van der Waals surface area contributed by atoms with Crippen molar-refractivity contribution in [3.8, 4) is 0 Å². The second-order valence-electron chi connectivity index (χ2n) is 5.27. The fraction of sp³-hybridized carbons (Fsp3) is 0.304. The summed E-state index contributed by atoms with van der Waals surface area (Å²) in [5.41, 5.74) is 8.30. The van der Waals surface area contributed by atoms with Crippen LogP contribution >= 0.6 is 0 Å². The Labute approximate surface area is 155 Å². The number of rotatable bonds is 4. The van der Waals surface area contributed by atoms with Gasteiger partial charge < -0.3 is 10.6 Å². The van der Waals surface area contributed by atoms with Gasteiger partial charge in [0.05, 0.1) is 0 Å². The van der Waals surface area contributed by atoms with E-state index in [1.54, 1.807) is 0 Å². The average molecular weight is 341 g/mol. The molecule has 0 saturated heterocycles. The van der Waals surface area contributed by atoms with Gasteiger partial charge in [-0.1, -0.05) is 93.8 Å². The Morgan fingerprint density at radius 1 is 0.840 bits per heavy atom. The van der Waals surface area contributed by atoms with Crippen LogP contribution in [0.25, 0.3) is 12.2 Å². The standard InChI is InChI=1S/C10H12.C8H8.C4H11N.CH5N/c1-3-9-7-5-6-8-10(9)4-2;1-2-8-6-4-3-5-7-8;1-4-5(2)3;1-2/h3,5-8H,1,4H2,2H3;2-7H,1H2;4H2,1-3H3;2H2,1H3. The van der Waals surface area contributed by atoms with Gasteiger partial charge in [-0.15, -0.1) is 0 Å². The molecule has 2 rings (SSSR count). The quantitative estimate of drug-likeness (QED) is 0.811. The van der Waals surface area contributed by atoms with E-state index >= 15 is 0 Å². The molecule has 0 heterocycles. The molecule has 2 aromatic carbocycles. The molecule has 25 heavy (non-hydrogen) atoms. The highest BCUT2D eigenvalue weighted by molar-refractivity contribution is 5.51. The lowest BCUT2D eigenvalue weighted by molar-refractivity contribution is 0.434. The van der Waals surface area contributed by atoms with E-state index in [4.69, 9.17) is 0 Å². The SMILES string of the molecule is C=Cc1ccccc1.C=Cc1ccccc1CC.CCN(C)C.CN. The van der Waals surface area contributed by atoms with Crippen molar-refractivity contribution in [2.45, 2.75) is 20.3 Å². The molecular weight excluding hydrogens is 304 g/mol. The lowest BCUT2D eigenvalue weighted by Gasteiger charge is -2.00. The summed E-state index contributed by atoms with van der Waals surface area (Å²) < 4.78 is 0. The normalized spacial score (nSPS) is 8.60. The van der Waals surface area contributed by atoms with Crippen LogP contribution < -0.4 is 5.73 Å². The molecule has 0 aromatic heterocycles. The second kappa shape index (κ2) is 18.2. The van der Waals surface area contributed by atoms with Crippen LogP contribution in [0.3, 0.4) is 0 Å². The fourth-order valence-corrected chi connectivity index (χ4v) is 1.64. The minimum Gasteiger partial charge on any atom is -0.333 e. The van der Waals surface area contributed by atoms with Crippen molar-refractivity contribution in [1.29, 1.82) is 0 Å². The van der Waals surface area contributed by atoms with Gasteiger partial charge in [-0.05, 0) is 50.8 Å². The van der Waals surface area contributed by atoms with Crippen LogP contribution in [0.2, 0.25) is 0 Å². The summed E-state index contributed by atoms with van der Waals surface area (Å²) in [5.74, 6) is 0. The number of nitrogens with two attached hydrogens (primary N) is 1. The predicted octanol–water partition coefficient (Wildman–Crippen LogP) is 5.36. The van der Waals surface area contributed by atoms with Crippen molar-refractivity contribution < 1.29 is 0 Å². The Bertz CT molecular complexity index is 545. The smallest absolute Gasteiger partial charge is 0.00533 e. The second-order valence-corrected chi connectivity index (χ2v) is 5.27. The molecular formula is C23H36N2. The lowest BCUT2D eigenvalue weighted by Crippen LogP contribution is -2.08. The largest absolute Gasteiger partial charge is 0.333 e. The molecule has 138 valence electrons. The van der Waals surface area contributed by atoms with Crippen molar-refractivity contribution >= 4 is 12.2 Å². The van der Waals surface area contributed by atoms with Gasteiger partial charge in [0.25, 0.3) is 0 Å². The van der Waals surface area contributed by atoms with E-state index in [0.29, 0.717) is 0 Å². The van der Waals surface area contributed by atoms with Gasteiger partial charge in [0, 0.05) is 0 Å². The topological polar surface area (TPSA) is 29.3 Å². The zero-order chi connectivity index (χ0) is 19.5. The average Bonchev–Trinajstić information content (AvgIpc) is 2.70. The first-order valence-electron chi connectivity index (χ1n) is 8.69. The summed E-state index contributed by atoms with van der Waals surface area (Å²) in [6, 6.07) is 18.4. The molecule has 2 heteroatoms. The first kappa shape index (κ1) is 25.1. The molecule has 0 saturated carbocycles. The Morgan fingerprint density at radius 3 is 1.64 bits per heavy atom. The highest BCUT2D eigenvalue weighted by Gasteiger charge is 1.91. The molecule has 0 atom stereocenters. The van der Waals surface area contributed by atoms with Crippen molar-refractivity contribution in [2.75, 3.05) is 27.7 Å². The van der Waals surface area contributed by atoms with Crippen LogP contribution in [0, 0.1) is 0 Å². The molecule has 0 spiro atoms. The summed E-state index contributed by atoms with van der Waals surface area (Å²) in [4.78, 5) is 2.12. The van der Waals surface area contributed by atoms with Crippen molar-refractivity contribution in [1.82, 2.24) is 4.90 Å². The highest BCUT2D eigenvalue weighted by Crippen LogP contribution is 2.09. The minimum atomic E-state index is 1.09. The molecule has 2 aromatic rings. The Morgan fingerprint density at radius 2 is 1.32 bits per heavy atom.